The van der Waals surface area contributed by atoms with Crippen molar-refractivity contribution in [2.24, 2.45) is 38.5 Å². The molecule has 1 aliphatic rings. The molecule has 85 heavy (non-hydrogen) atoms. The van der Waals surface area contributed by atoms with E-state index in [0.717, 1.165) is 72.9 Å². The van der Waals surface area contributed by atoms with E-state index < -0.39 is 0 Å². The molecule has 13 heteroatoms. The maximum absolute atomic E-state index is 4.99. The Balaban J connectivity index is 0.000000471. The number of furan rings is 1. The number of nitrogens with zero attached hydrogens (tertiary/aromatic N) is 11. The SMILES string of the molecule is C1=Nc2cncnc2C1.CC(C)(C)C.CC(C)(C)C.CC(C)(C)C.CC(C)(C)C.CC(C)C.CC(C)C.c1ccc2ncccc2c1.c1ccc2ncccc2c1.c1ccc2ncncc2c1.c1ncc2occc2n1.c1ncc2sccc2n1. The van der Waals surface area contributed by atoms with Crippen molar-refractivity contribution in [3.8, 4) is 0 Å². The number of benzene rings is 3. The summed E-state index contributed by atoms with van der Waals surface area (Å²) in [6, 6.07) is 35.9. The Hall–Kier alpha value is -7.77. The molecule has 8 aromatic heterocycles. The Bertz CT molecular complexity index is 2900. The van der Waals surface area contributed by atoms with Gasteiger partial charge in [-0.25, -0.2) is 39.9 Å². The minimum Gasteiger partial charge on any atom is -0.461 e. The summed E-state index contributed by atoms with van der Waals surface area (Å²) in [6.07, 6.45) is 21.1. The zero-order chi connectivity index (χ0) is 63.9. The molecule has 0 N–H and O–H groups in total. The highest BCUT2D eigenvalue weighted by molar-refractivity contribution is 7.17. The van der Waals surface area contributed by atoms with Crippen molar-refractivity contribution in [2.45, 2.75) is 159 Å². The van der Waals surface area contributed by atoms with Gasteiger partial charge >= 0.3 is 0 Å². The lowest BCUT2D eigenvalue weighted by molar-refractivity contribution is 0.469. The second-order valence-electron chi connectivity index (χ2n) is 27.2. The Kier molecular flexibility index (Phi) is 35.8. The molecule has 0 saturated carbocycles. The van der Waals surface area contributed by atoms with Gasteiger partial charge in [0.15, 0.2) is 5.58 Å². The van der Waals surface area contributed by atoms with Gasteiger partial charge in [0.2, 0.25) is 0 Å². The predicted octanol–water partition coefficient (Wildman–Crippen LogP) is 21.3. The predicted molar refractivity (Wildman–Crippen MR) is 368 cm³/mol. The second-order valence-corrected chi connectivity index (χ2v) is 28.1. The van der Waals surface area contributed by atoms with Crippen LogP contribution in [0.2, 0.25) is 0 Å². The van der Waals surface area contributed by atoms with Crippen molar-refractivity contribution in [3.63, 3.8) is 0 Å². The molecule has 0 amide bonds. The van der Waals surface area contributed by atoms with Crippen molar-refractivity contribution in [1.82, 2.24) is 49.8 Å². The van der Waals surface area contributed by atoms with Crippen LogP contribution >= 0.6 is 11.3 Å². The van der Waals surface area contributed by atoms with Gasteiger partial charge in [0, 0.05) is 59.6 Å². The molecule has 0 aliphatic carbocycles. The van der Waals surface area contributed by atoms with Gasteiger partial charge < -0.3 is 4.42 Å². The Morgan fingerprint density at radius 1 is 0.388 bits per heavy atom. The summed E-state index contributed by atoms with van der Waals surface area (Å²) in [5.74, 6) is 1.67. The topological polar surface area (TPSA) is 154 Å². The minimum atomic E-state index is 0.500. The first-order valence-electron chi connectivity index (χ1n) is 29.1. The highest BCUT2D eigenvalue weighted by Gasteiger charge is 2.05. The number of fused-ring (bicyclic) bond motifs is 6. The average Bonchev–Trinajstić information content (AvgIpc) is 4.35. The minimum absolute atomic E-state index is 0.500. The van der Waals surface area contributed by atoms with E-state index in [9.17, 15) is 0 Å². The van der Waals surface area contributed by atoms with Gasteiger partial charge in [0.05, 0.1) is 51.1 Å². The van der Waals surface area contributed by atoms with Crippen LogP contribution in [0.1, 0.15) is 158 Å². The molecular formula is C72H101N11OS. The van der Waals surface area contributed by atoms with Gasteiger partial charge in [-0.05, 0) is 75.3 Å². The van der Waals surface area contributed by atoms with Crippen molar-refractivity contribution < 1.29 is 4.42 Å². The molecular weight excluding hydrogens is 1070 g/mol. The fraction of sp³-hybridized carbons (Fsp3) is 0.403. The first-order valence-corrected chi connectivity index (χ1v) is 30.0. The summed E-state index contributed by atoms with van der Waals surface area (Å²) in [7, 11) is 0. The molecule has 0 saturated heterocycles. The maximum Gasteiger partial charge on any atom is 0.170 e. The third-order valence-electron chi connectivity index (χ3n) is 7.98. The van der Waals surface area contributed by atoms with Gasteiger partial charge in [0.1, 0.15) is 36.5 Å². The summed E-state index contributed by atoms with van der Waals surface area (Å²) < 4.78 is 6.14. The van der Waals surface area contributed by atoms with E-state index in [1.807, 2.05) is 115 Å². The summed E-state index contributed by atoms with van der Waals surface area (Å²) in [6.45, 7) is 48.0. The summed E-state index contributed by atoms with van der Waals surface area (Å²) >= 11 is 1.66. The van der Waals surface area contributed by atoms with E-state index in [1.54, 1.807) is 55.0 Å². The lowest BCUT2D eigenvalue weighted by atomic mass is 10.0. The first kappa shape index (κ1) is 75.2. The van der Waals surface area contributed by atoms with Crippen LogP contribution in [-0.4, -0.2) is 56.1 Å². The van der Waals surface area contributed by atoms with E-state index in [2.05, 4.69) is 231 Å². The Morgan fingerprint density at radius 2 is 0.765 bits per heavy atom. The van der Waals surface area contributed by atoms with E-state index in [1.165, 1.54) is 17.1 Å². The summed E-state index contributed by atoms with van der Waals surface area (Å²) in [5.41, 5.74) is 9.69. The largest absolute Gasteiger partial charge is 0.461 e. The Morgan fingerprint density at radius 3 is 1.20 bits per heavy atom. The summed E-state index contributed by atoms with van der Waals surface area (Å²) in [4.78, 5) is 43.9. The number of aromatic nitrogens is 10. The third-order valence-corrected chi connectivity index (χ3v) is 8.82. The molecule has 1 aliphatic heterocycles. The number of aliphatic imine (C=N–C) groups is 1. The van der Waals surface area contributed by atoms with Gasteiger partial charge in [-0.1, -0.05) is 219 Å². The molecule has 0 unspecified atom stereocenters. The van der Waals surface area contributed by atoms with E-state index in [4.69, 9.17) is 4.42 Å². The molecule has 12 rings (SSSR count). The van der Waals surface area contributed by atoms with E-state index in [-0.39, 0.29) is 0 Å². The van der Waals surface area contributed by atoms with Crippen molar-refractivity contribution in [1.29, 1.82) is 0 Å². The van der Waals surface area contributed by atoms with Gasteiger partial charge in [-0.15, -0.1) is 11.3 Å². The normalized spacial score (nSPS) is 10.8. The molecule has 3 aromatic carbocycles. The molecule has 0 radical (unpaired) electrons. The van der Waals surface area contributed by atoms with Crippen molar-refractivity contribution in [3.05, 3.63) is 189 Å². The van der Waals surface area contributed by atoms with E-state index in [0.29, 0.717) is 21.7 Å². The lowest BCUT2D eigenvalue weighted by Gasteiger charge is -2.05. The van der Waals surface area contributed by atoms with Crippen LogP contribution in [0, 0.1) is 33.5 Å². The molecule has 0 fully saturated rings. The van der Waals surface area contributed by atoms with Crippen LogP contribution in [0.3, 0.4) is 0 Å². The second kappa shape index (κ2) is 40.5. The van der Waals surface area contributed by atoms with Gasteiger partial charge in [-0.2, -0.15) is 0 Å². The number of hydrogen-bond acceptors (Lipinski definition) is 13. The number of rotatable bonds is 0. The lowest BCUT2D eigenvalue weighted by Crippen LogP contribution is -1.93. The first-order chi connectivity index (χ1) is 39.8. The number of pyridine rings is 2. The highest BCUT2D eigenvalue weighted by atomic mass is 32.1. The number of thiophene rings is 1. The van der Waals surface area contributed by atoms with Crippen LogP contribution in [-0.2, 0) is 6.42 Å². The monoisotopic (exact) mass is 1170 g/mol. The van der Waals surface area contributed by atoms with Gasteiger partial charge in [-0.3, -0.25) is 15.0 Å². The highest BCUT2D eigenvalue weighted by Crippen LogP contribution is 2.19. The molecule has 456 valence electrons. The van der Waals surface area contributed by atoms with Crippen LogP contribution in [0.5, 0.6) is 0 Å². The molecule has 12 nitrogen and oxygen atoms in total. The number of hydrogen-bond donors (Lipinski definition) is 0. The molecule has 11 aromatic rings. The van der Waals surface area contributed by atoms with Crippen molar-refractivity contribution in [2.75, 3.05) is 0 Å². The molecule has 9 heterocycles. The fourth-order valence-corrected chi connectivity index (χ4v) is 5.93. The molecule has 0 bridgehead atoms. The van der Waals surface area contributed by atoms with Crippen LogP contribution in [0.4, 0.5) is 5.69 Å². The maximum atomic E-state index is 4.99. The average molecular weight is 1170 g/mol. The Labute approximate surface area is 515 Å². The zero-order valence-electron chi connectivity index (χ0n) is 55.5. The molecule has 0 spiro atoms. The van der Waals surface area contributed by atoms with Crippen LogP contribution in [0.15, 0.2) is 193 Å². The molecule has 0 atom stereocenters. The third kappa shape index (κ3) is 44.4. The summed E-state index contributed by atoms with van der Waals surface area (Å²) in [5, 5.41) is 5.50. The van der Waals surface area contributed by atoms with Gasteiger partial charge in [0.25, 0.3) is 0 Å². The quantitative estimate of drug-likeness (QED) is 0.142. The fourth-order valence-electron chi connectivity index (χ4n) is 5.23. The zero-order valence-corrected chi connectivity index (χ0v) is 56.3. The number of para-hydroxylation sites is 3. The van der Waals surface area contributed by atoms with Crippen LogP contribution in [0.25, 0.3) is 54.0 Å². The van der Waals surface area contributed by atoms with Crippen molar-refractivity contribution >= 4 is 77.3 Å². The smallest absolute Gasteiger partial charge is 0.170 e. The standard InChI is InChI=1S/2C9H7N.C8H6N2.C6H5N3.C6H4N2O.C6H4N2S.4C5H12.2C4H10/c2*1-2-6-9-8(4-1)5-3-7-10-9;1-2-4-8-7(3-1)5-9-6-10-8;1-2-8-6-3-7-4-9-5(1)6;2*1-2-9-6-3-7-4-8-5(1)6;4*1-5(2,3)4;2*1-4(2)3/h2*1-7H;1-6H;2-4H,1H2;2*1-4H;4*1-4H3;2*4H,1-3H3. The van der Waals surface area contributed by atoms with E-state index >= 15 is 0 Å². The van der Waals surface area contributed by atoms with Crippen LogP contribution < -0.4 is 0 Å².